The van der Waals surface area contributed by atoms with E-state index in [0.29, 0.717) is 137 Å². The summed E-state index contributed by atoms with van der Waals surface area (Å²) < 4.78 is 29.0. The number of anilines is 1. The summed E-state index contributed by atoms with van der Waals surface area (Å²) in [4.78, 5) is 95.2. The van der Waals surface area contributed by atoms with E-state index >= 15 is 0 Å². The fraction of sp³-hybridized carbons (Fsp3) is 0.500. The number of halogens is 2. The standard InChI is InChI=1S/C58H68Cl2N10O11/c1-37(53-46(59)35-61-36-47(53)60)81-42-4-6-48-45(33-42)54(65-64-48)41-3-8-50(62-34-41)67-19-21-69(22-20-67)56(74)39-12-17-68(18-13-39)52(72)14-24-77-26-28-79-30-31-80-29-27-78-25-23-66-15-10-38(11-16-66)40-2-5-43-44(32-40)58(76)70(57(43)75)49-7-9-51(71)63-55(49)73/h2-6,8,32-39,49H,7,9-31H2,1H3,(H,64,65)(H,63,71,73)/t37-,49?/m1/s1. The normalized spacial score (nSPS) is 18.9. The Kier molecular flexibility index (Phi) is 19.2. The molecule has 0 aliphatic carbocycles. The number of fused-ring (bicyclic) bond motifs is 2. The first-order chi connectivity index (χ1) is 39.4. The lowest BCUT2D eigenvalue weighted by molar-refractivity contribution is -0.141. The SMILES string of the molecule is C[C@@H](Oc1ccc2[nH]nc(-c3ccc(N4CCN(C(=O)C5CCN(C(=O)CCOCCOCCOCCOCCN6CCC(c7ccc8c(c7)C(=O)N(C7CCC(=O)NC7=O)C8=O)CC6)CC5)CC4)nc3)c2c1)c1c(Cl)cncc1Cl. The van der Waals surface area contributed by atoms with Gasteiger partial charge in [-0.1, -0.05) is 29.3 Å². The largest absolute Gasteiger partial charge is 0.486 e. The second kappa shape index (κ2) is 27.0. The number of amides is 6. The van der Waals surface area contributed by atoms with E-state index in [1.807, 2.05) is 59.3 Å². The summed E-state index contributed by atoms with van der Waals surface area (Å²) in [5.41, 5.74) is 4.76. The number of hydrogen-bond donors (Lipinski definition) is 2. The number of piperazine rings is 1. The Hall–Kier alpha value is -6.59. The monoisotopic (exact) mass is 1150 g/mol. The maximum absolute atomic E-state index is 13.6. The lowest BCUT2D eigenvalue weighted by Gasteiger charge is -2.39. The summed E-state index contributed by atoms with van der Waals surface area (Å²) in [5.74, 6) is -0.167. The third-order valence-electron chi connectivity index (χ3n) is 15.9. The first-order valence-corrected chi connectivity index (χ1v) is 28.8. The van der Waals surface area contributed by atoms with Gasteiger partial charge in [0.1, 0.15) is 29.4 Å². The van der Waals surface area contributed by atoms with Gasteiger partial charge in [0.25, 0.3) is 11.8 Å². The molecule has 5 aliphatic rings. The van der Waals surface area contributed by atoms with Gasteiger partial charge in [0.2, 0.25) is 23.6 Å². The Morgan fingerprint density at radius 1 is 0.704 bits per heavy atom. The zero-order chi connectivity index (χ0) is 56.4. The van der Waals surface area contributed by atoms with Crippen LogP contribution in [0.25, 0.3) is 22.2 Å². The number of piperidine rings is 3. The molecule has 5 aromatic rings. The van der Waals surface area contributed by atoms with Crippen LogP contribution in [0.3, 0.4) is 0 Å². The molecule has 0 saturated carbocycles. The van der Waals surface area contributed by atoms with Crippen LogP contribution in [-0.4, -0.2) is 193 Å². The third-order valence-corrected chi connectivity index (χ3v) is 16.5. The fourth-order valence-electron chi connectivity index (χ4n) is 11.4. The van der Waals surface area contributed by atoms with Crippen LogP contribution in [0.1, 0.15) is 95.7 Å². The molecule has 10 rings (SSSR count). The number of aromatic amines is 1. The smallest absolute Gasteiger partial charge is 0.262 e. The van der Waals surface area contributed by atoms with Gasteiger partial charge in [0.05, 0.1) is 86.0 Å². The maximum atomic E-state index is 13.6. The molecule has 3 aromatic heterocycles. The van der Waals surface area contributed by atoms with E-state index in [1.54, 1.807) is 24.5 Å². The minimum absolute atomic E-state index is 0.0335. The first kappa shape index (κ1) is 57.6. The molecule has 2 N–H and O–H groups in total. The number of hydrogen-bond acceptors (Lipinski definition) is 16. The molecule has 5 aliphatic heterocycles. The Labute approximate surface area is 479 Å². The molecule has 1 unspecified atom stereocenters. The van der Waals surface area contributed by atoms with Crippen molar-refractivity contribution in [1.82, 2.24) is 45.1 Å². The highest BCUT2D eigenvalue weighted by molar-refractivity contribution is 6.35. The number of carbonyl (C=O) groups excluding carboxylic acids is 6. The van der Waals surface area contributed by atoms with Gasteiger partial charge >= 0.3 is 0 Å². The van der Waals surface area contributed by atoms with Crippen molar-refractivity contribution in [2.75, 3.05) is 117 Å². The molecule has 8 heterocycles. The summed E-state index contributed by atoms with van der Waals surface area (Å²) in [6, 6.07) is 14.2. The van der Waals surface area contributed by atoms with Crippen LogP contribution < -0.4 is 15.0 Å². The number of pyridine rings is 2. The number of benzene rings is 2. The molecule has 0 radical (unpaired) electrons. The molecule has 2 atom stereocenters. The second-order valence-corrected chi connectivity index (χ2v) is 21.8. The Balaban J connectivity index is 0.531. The predicted octanol–water partition coefficient (Wildman–Crippen LogP) is 6.09. The average Bonchev–Trinajstić information content (AvgIpc) is 4.09. The molecule has 430 valence electrons. The van der Waals surface area contributed by atoms with Gasteiger partial charge in [-0.15, -0.1) is 0 Å². The summed E-state index contributed by atoms with van der Waals surface area (Å²) in [6.45, 7) is 11.6. The zero-order valence-corrected chi connectivity index (χ0v) is 47.0. The van der Waals surface area contributed by atoms with Gasteiger partial charge in [-0.05, 0) is 106 Å². The second-order valence-electron chi connectivity index (χ2n) is 21.0. The molecule has 0 spiro atoms. The van der Waals surface area contributed by atoms with Crippen molar-refractivity contribution < 1.29 is 52.5 Å². The fourth-order valence-corrected chi connectivity index (χ4v) is 12.0. The van der Waals surface area contributed by atoms with E-state index in [4.69, 9.17) is 51.9 Å². The number of carbonyl (C=O) groups is 6. The Morgan fingerprint density at radius 2 is 1.38 bits per heavy atom. The van der Waals surface area contributed by atoms with Gasteiger partial charge in [-0.2, -0.15) is 5.10 Å². The zero-order valence-electron chi connectivity index (χ0n) is 45.5. The molecule has 21 nitrogen and oxygen atoms in total. The van der Waals surface area contributed by atoms with Crippen molar-refractivity contribution in [2.45, 2.75) is 69.9 Å². The van der Waals surface area contributed by atoms with Crippen molar-refractivity contribution in [3.05, 3.63) is 99.4 Å². The highest BCUT2D eigenvalue weighted by atomic mass is 35.5. The lowest BCUT2D eigenvalue weighted by atomic mass is 9.88. The average molecular weight is 1150 g/mol. The topological polar surface area (TPSA) is 231 Å². The Bertz CT molecular complexity index is 3050. The quantitative estimate of drug-likeness (QED) is 0.0557. The number of aromatic nitrogens is 4. The number of nitrogens with zero attached hydrogens (tertiary/aromatic N) is 8. The van der Waals surface area contributed by atoms with Gasteiger partial charge in [0, 0.05) is 93.3 Å². The molecule has 81 heavy (non-hydrogen) atoms. The molecule has 4 fully saturated rings. The van der Waals surface area contributed by atoms with Gasteiger partial charge in [-0.3, -0.25) is 49.1 Å². The minimum Gasteiger partial charge on any atom is -0.486 e. The highest BCUT2D eigenvalue weighted by Crippen LogP contribution is 2.37. The number of ether oxygens (including phenoxy) is 5. The van der Waals surface area contributed by atoms with E-state index in [0.717, 1.165) is 70.9 Å². The van der Waals surface area contributed by atoms with E-state index in [9.17, 15) is 28.8 Å². The number of nitrogens with one attached hydrogen (secondary N) is 2. The van der Waals surface area contributed by atoms with E-state index in [1.165, 1.54) is 0 Å². The summed E-state index contributed by atoms with van der Waals surface area (Å²) >= 11 is 12.8. The molecule has 2 aromatic carbocycles. The van der Waals surface area contributed by atoms with Crippen LogP contribution >= 0.6 is 23.2 Å². The number of H-pyrrole nitrogens is 1. The van der Waals surface area contributed by atoms with Crippen molar-refractivity contribution in [1.29, 1.82) is 0 Å². The molecule has 4 saturated heterocycles. The molecular weight excluding hydrogens is 1080 g/mol. The minimum atomic E-state index is -0.975. The van der Waals surface area contributed by atoms with Crippen LogP contribution in [0.2, 0.25) is 10.0 Å². The summed E-state index contributed by atoms with van der Waals surface area (Å²) in [5, 5.41) is 11.7. The molecule has 0 bridgehead atoms. The van der Waals surface area contributed by atoms with Crippen molar-refractivity contribution in [3.8, 4) is 17.0 Å². The van der Waals surface area contributed by atoms with Crippen molar-refractivity contribution >= 4 is 75.4 Å². The van der Waals surface area contributed by atoms with Crippen LogP contribution in [0.4, 0.5) is 5.82 Å². The lowest BCUT2D eigenvalue weighted by Crippen LogP contribution is -2.54. The van der Waals surface area contributed by atoms with Crippen molar-refractivity contribution in [3.63, 3.8) is 0 Å². The van der Waals surface area contributed by atoms with Crippen LogP contribution in [0.5, 0.6) is 5.75 Å². The molecule has 6 amide bonds. The number of imide groups is 2. The van der Waals surface area contributed by atoms with E-state index in [2.05, 4.69) is 30.3 Å². The first-order valence-electron chi connectivity index (χ1n) is 28.0. The van der Waals surface area contributed by atoms with Crippen molar-refractivity contribution in [2.24, 2.45) is 5.92 Å². The van der Waals surface area contributed by atoms with E-state index in [-0.39, 0.29) is 42.9 Å². The summed E-state index contributed by atoms with van der Waals surface area (Å²) in [6.07, 6.45) is 8.11. The van der Waals surface area contributed by atoms with E-state index < -0.39 is 35.8 Å². The van der Waals surface area contributed by atoms with Crippen LogP contribution in [0, 0.1) is 5.92 Å². The summed E-state index contributed by atoms with van der Waals surface area (Å²) in [7, 11) is 0. The molecular formula is C58H68Cl2N10O11. The molecule has 23 heteroatoms. The van der Waals surface area contributed by atoms with Gasteiger partial charge in [-0.25, -0.2) is 4.98 Å². The van der Waals surface area contributed by atoms with Gasteiger partial charge < -0.3 is 43.3 Å². The maximum Gasteiger partial charge on any atom is 0.262 e. The number of likely N-dealkylation sites (tertiary alicyclic amines) is 2. The van der Waals surface area contributed by atoms with Gasteiger partial charge in [0.15, 0.2) is 0 Å². The van der Waals surface area contributed by atoms with Crippen LogP contribution in [0.15, 0.2) is 67.1 Å². The highest BCUT2D eigenvalue weighted by Gasteiger charge is 2.45. The Morgan fingerprint density at radius 3 is 2.06 bits per heavy atom. The predicted molar refractivity (Wildman–Crippen MR) is 300 cm³/mol. The number of rotatable bonds is 23. The van der Waals surface area contributed by atoms with Crippen LogP contribution in [-0.2, 0) is 38.1 Å². The third kappa shape index (κ3) is 13.8.